The summed E-state index contributed by atoms with van der Waals surface area (Å²) in [6.45, 7) is 5.64. The number of alkyl halides is 3. The number of aromatic nitrogens is 2. The fourth-order valence-electron chi connectivity index (χ4n) is 1.73. The van der Waals surface area contributed by atoms with E-state index in [1.807, 2.05) is 20.8 Å². The average Bonchev–Trinajstić information content (AvgIpc) is 2.85. The van der Waals surface area contributed by atoms with Gasteiger partial charge in [-0.05, 0) is 29.7 Å². The van der Waals surface area contributed by atoms with E-state index >= 15 is 0 Å². The third-order valence-corrected chi connectivity index (χ3v) is 3.29. The molecule has 0 spiro atoms. The molecular formula is C15H17F3N2O2. The van der Waals surface area contributed by atoms with Crippen molar-refractivity contribution in [2.45, 2.75) is 39.5 Å². The molecular weight excluding hydrogens is 297 g/mol. The van der Waals surface area contributed by atoms with Crippen molar-refractivity contribution < 1.29 is 22.7 Å². The van der Waals surface area contributed by atoms with Gasteiger partial charge in [-0.25, -0.2) is 0 Å². The summed E-state index contributed by atoms with van der Waals surface area (Å²) in [7, 11) is 0. The van der Waals surface area contributed by atoms with Crippen LogP contribution < -0.4 is 0 Å². The first-order valence-corrected chi connectivity index (χ1v) is 6.75. The highest BCUT2D eigenvalue weighted by molar-refractivity contribution is 5.53. The van der Waals surface area contributed by atoms with Crippen LogP contribution in [0.25, 0.3) is 11.5 Å². The second-order valence-corrected chi connectivity index (χ2v) is 6.16. The van der Waals surface area contributed by atoms with E-state index in [-0.39, 0.29) is 23.6 Å². The minimum atomic E-state index is -4.38. The van der Waals surface area contributed by atoms with Gasteiger partial charge >= 0.3 is 6.18 Å². The summed E-state index contributed by atoms with van der Waals surface area (Å²) in [5.41, 5.74) is -0.667. The molecule has 1 atom stereocenters. The van der Waals surface area contributed by atoms with E-state index in [4.69, 9.17) is 4.42 Å². The van der Waals surface area contributed by atoms with Crippen LogP contribution in [-0.4, -0.2) is 21.4 Å². The Hall–Kier alpha value is -1.89. The smallest absolute Gasteiger partial charge is 0.416 e. The first kappa shape index (κ1) is 16.5. The fraction of sp³-hybridized carbons (Fsp3) is 0.467. The van der Waals surface area contributed by atoms with Crippen LogP contribution in [0.1, 0.15) is 32.2 Å². The van der Waals surface area contributed by atoms with E-state index in [2.05, 4.69) is 10.2 Å². The SMILES string of the molecule is CC(C)(C)[C@@H](O)Cc1nnc(-c2ccc(C(F)(F)F)cc2)o1. The second-order valence-electron chi connectivity index (χ2n) is 6.16. The van der Waals surface area contributed by atoms with Crippen LogP contribution in [0.15, 0.2) is 28.7 Å². The number of hydrogen-bond donors (Lipinski definition) is 1. The van der Waals surface area contributed by atoms with E-state index in [0.717, 1.165) is 12.1 Å². The predicted octanol–water partition coefficient (Wildman–Crippen LogP) is 3.70. The van der Waals surface area contributed by atoms with Gasteiger partial charge < -0.3 is 9.52 Å². The third kappa shape index (κ3) is 3.85. The summed E-state index contributed by atoms with van der Waals surface area (Å²) in [4.78, 5) is 0. The molecule has 7 heteroatoms. The Balaban J connectivity index is 2.15. The molecule has 1 aromatic heterocycles. The van der Waals surface area contributed by atoms with Crippen LogP contribution in [0, 0.1) is 5.41 Å². The largest absolute Gasteiger partial charge is 0.421 e. The zero-order valence-corrected chi connectivity index (χ0v) is 12.5. The summed E-state index contributed by atoms with van der Waals surface area (Å²) in [5.74, 6) is 0.377. The molecule has 1 N–H and O–H groups in total. The van der Waals surface area contributed by atoms with Crippen molar-refractivity contribution in [3.05, 3.63) is 35.7 Å². The second kappa shape index (κ2) is 5.72. The van der Waals surface area contributed by atoms with Gasteiger partial charge in [-0.2, -0.15) is 13.2 Å². The Morgan fingerprint density at radius 1 is 1.09 bits per heavy atom. The molecule has 22 heavy (non-hydrogen) atoms. The Labute approximate surface area is 126 Å². The number of hydrogen-bond acceptors (Lipinski definition) is 4. The lowest BCUT2D eigenvalue weighted by Gasteiger charge is -2.24. The molecule has 1 aromatic carbocycles. The van der Waals surface area contributed by atoms with E-state index < -0.39 is 17.8 Å². The first-order valence-electron chi connectivity index (χ1n) is 6.75. The van der Waals surface area contributed by atoms with Gasteiger partial charge in [-0.3, -0.25) is 0 Å². The van der Waals surface area contributed by atoms with Crippen molar-refractivity contribution in [2.24, 2.45) is 5.41 Å². The maximum Gasteiger partial charge on any atom is 0.416 e. The number of rotatable bonds is 3. The van der Waals surface area contributed by atoms with Crippen LogP contribution >= 0.6 is 0 Å². The van der Waals surface area contributed by atoms with Crippen molar-refractivity contribution in [1.29, 1.82) is 0 Å². The Kier molecular flexibility index (Phi) is 4.28. The topological polar surface area (TPSA) is 59.2 Å². The number of nitrogens with zero attached hydrogens (tertiary/aromatic N) is 2. The standard InChI is InChI=1S/C15H17F3N2O2/c1-14(2,3)11(21)8-12-19-20-13(22-12)9-4-6-10(7-5-9)15(16,17)18/h4-7,11,21H,8H2,1-3H3/t11-/m0/s1. The molecule has 0 aliphatic heterocycles. The summed E-state index contributed by atoms with van der Waals surface area (Å²) in [6, 6.07) is 4.48. The Morgan fingerprint density at radius 3 is 2.18 bits per heavy atom. The van der Waals surface area contributed by atoms with Crippen molar-refractivity contribution in [3.8, 4) is 11.5 Å². The predicted molar refractivity (Wildman–Crippen MR) is 73.9 cm³/mol. The molecule has 2 rings (SSSR count). The minimum absolute atomic E-state index is 0.129. The van der Waals surface area contributed by atoms with Gasteiger partial charge in [0, 0.05) is 5.56 Å². The van der Waals surface area contributed by atoms with Gasteiger partial charge in [0.25, 0.3) is 0 Å². The number of halogens is 3. The number of aliphatic hydroxyl groups excluding tert-OH is 1. The lowest BCUT2D eigenvalue weighted by Crippen LogP contribution is -2.28. The normalized spacial score (nSPS) is 14.1. The highest BCUT2D eigenvalue weighted by Crippen LogP contribution is 2.31. The van der Waals surface area contributed by atoms with E-state index in [1.165, 1.54) is 12.1 Å². The van der Waals surface area contributed by atoms with Crippen molar-refractivity contribution in [1.82, 2.24) is 10.2 Å². The molecule has 4 nitrogen and oxygen atoms in total. The van der Waals surface area contributed by atoms with Gasteiger partial charge in [0.2, 0.25) is 11.8 Å². The van der Waals surface area contributed by atoms with Gasteiger partial charge in [-0.1, -0.05) is 20.8 Å². The molecule has 0 aliphatic rings. The average molecular weight is 314 g/mol. The quantitative estimate of drug-likeness (QED) is 0.938. The van der Waals surface area contributed by atoms with Crippen molar-refractivity contribution in [3.63, 3.8) is 0 Å². The van der Waals surface area contributed by atoms with E-state index in [0.29, 0.717) is 5.56 Å². The number of aliphatic hydroxyl groups is 1. The molecule has 0 aliphatic carbocycles. The number of benzene rings is 1. The molecule has 0 saturated carbocycles. The van der Waals surface area contributed by atoms with Crippen LogP contribution in [0.5, 0.6) is 0 Å². The van der Waals surface area contributed by atoms with Crippen LogP contribution in [-0.2, 0) is 12.6 Å². The molecule has 0 unspecified atom stereocenters. The van der Waals surface area contributed by atoms with Crippen LogP contribution in [0.2, 0.25) is 0 Å². The van der Waals surface area contributed by atoms with Gasteiger partial charge in [0.05, 0.1) is 18.1 Å². The fourth-order valence-corrected chi connectivity index (χ4v) is 1.73. The summed E-state index contributed by atoms with van der Waals surface area (Å²) < 4.78 is 42.9. The van der Waals surface area contributed by atoms with Crippen LogP contribution in [0.4, 0.5) is 13.2 Å². The highest BCUT2D eigenvalue weighted by atomic mass is 19.4. The lowest BCUT2D eigenvalue weighted by molar-refractivity contribution is -0.137. The van der Waals surface area contributed by atoms with Crippen LogP contribution in [0.3, 0.4) is 0 Å². The molecule has 1 heterocycles. The van der Waals surface area contributed by atoms with Gasteiger partial charge in [-0.15, -0.1) is 10.2 Å². The summed E-state index contributed by atoms with van der Waals surface area (Å²) in [6.07, 6.45) is -4.85. The summed E-state index contributed by atoms with van der Waals surface area (Å²) in [5, 5.41) is 17.6. The summed E-state index contributed by atoms with van der Waals surface area (Å²) >= 11 is 0. The Bertz CT molecular complexity index is 627. The molecule has 0 radical (unpaired) electrons. The zero-order chi connectivity index (χ0) is 16.5. The maximum absolute atomic E-state index is 12.5. The van der Waals surface area contributed by atoms with Crippen molar-refractivity contribution >= 4 is 0 Å². The van der Waals surface area contributed by atoms with Gasteiger partial charge in [0.15, 0.2) is 0 Å². The maximum atomic E-state index is 12.5. The van der Waals surface area contributed by atoms with E-state index in [9.17, 15) is 18.3 Å². The van der Waals surface area contributed by atoms with E-state index in [1.54, 1.807) is 0 Å². The Morgan fingerprint density at radius 2 is 1.68 bits per heavy atom. The zero-order valence-electron chi connectivity index (χ0n) is 12.5. The molecule has 2 aromatic rings. The lowest BCUT2D eigenvalue weighted by atomic mass is 9.87. The van der Waals surface area contributed by atoms with Crippen molar-refractivity contribution in [2.75, 3.05) is 0 Å². The minimum Gasteiger partial charge on any atom is -0.421 e. The third-order valence-electron chi connectivity index (χ3n) is 3.29. The molecule has 120 valence electrons. The monoisotopic (exact) mass is 314 g/mol. The molecule has 0 bridgehead atoms. The molecule has 0 saturated heterocycles. The molecule has 0 fully saturated rings. The first-order chi connectivity index (χ1) is 10.1. The molecule has 0 amide bonds. The highest BCUT2D eigenvalue weighted by Gasteiger charge is 2.30. The van der Waals surface area contributed by atoms with Gasteiger partial charge in [0.1, 0.15) is 0 Å².